The Labute approximate surface area is 252 Å². The van der Waals surface area contributed by atoms with Crippen molar-refractivity contribution < 1.29 is 28.2 Å². The zero-order chi connectivity index (χ0) is 31.3. The molecule has 42 heavy (non-hydrogen) atoms. The van der Waals surface area contributed by atoms with Gasteiger partial charge in [-0.05, 0) is 51.5 Å². The third-order valence-electron chi connectivity index (χ3n) is 8.03. The maximum absolute atomic E-state index is 13.6. The van der Waals surface area contributed by atoms with E-state index in [1.165, 1.54) is 0 Å². The van der Waals surface area contributed by atoms with Crippen LogP contribution in [-0.2, 0) is 25.8 Å². The van der Waals surface area contributed by atoms with Crippen LogP contribution in [0.5, 0.6) is 0 Å². The highest BCUT2D eigenvalue weighted by molar-refractivity contribution is 7.92. The molecule has 0 aliphatic heterocycles. The minimum absolute atomic E-state index is 0.0706. The second-order valence-corrected chi connectivity index (χ2v) is 15.2. The summed E-state index contributed by atoms with van der Waals surface area (Å²) in [4.78, 5) is 27.2. The molecule has 1 aliphatic carbocycles. The fourth-order valence-corrected chi connectivity index (χ4v) is 6.58. The van der Waals surface area contributed by atoms with E-state index >= 15 is 0 Å². The summed E-state index contributed by atoms with van der Waals surface area (Å²) >= 11 is 0. The largest absolute Gasteiger partial charge is 0.389 e. The van der Waals surface area contributed by atoms with Crippen LogP contribution in [0.3, 0.4) is 0 Å². The number of aliphatic hydroxyl groups excluding tert-OH is 2. The number of nitrogens with one attached hydrogen (secondary N) is 2. The average molecular weight is 601 g/mol. The molecule has 5 atom stereocenters. The van der Waals surface area contributed by atoms with Crippen LogP contribution in [0.25, 0.3) is 0 Å². The predicted molar refractivity (Wildman–Crippen MR) is 166 cm³/mol. The predicted octanol–water partition coefficient (Wildman–Crippen LogP) is 3.16. The molecule has 1 aliphatic rings. The second-order valence-electron chi connectivity index (χ2n) is 12.4. The first kappa shape index (κ1) is 35.3. The lowest BCUT2D eigenvalue weighted by molar-refractivity contribution is -0.132. The molecule has 0 saturated heterocycles. The van der Waals surface area contributed by atoms with Crippen LogP contribution in [0.2, 0.25) is 0 Å². The van der Waals surface area contributed by atoms with Crippen LogP contribution in [-0.4, -0.2) is 65.2 Å². The third-order valence-corrected chi connectivity index (χ3v) is 10.7. The van der Waals surface area contributed by atoms with Crippen LogP contribution in [0.4, 0.5) is 0 Å². The molecule has 0 aromatic heterocycles. The quantitative estimate of drug-likeness (QED) is 0.229. The number of sulfone groups is 1. The van der Waals surface area contributed by atoms with Gasteiger partial charge in [-0.1, -0.05) is 62.4 Å². The zero-order valence-electron chi connectivity index (χ0n) is 25.2. The summed E-state index contributed by atoms with van der Waals surface area (Å²) in [6, 6.07) is 7.28. The summed E-state index contributed by atoms with van der Waals surface area (Å²) in [7, 11) is -3.67. The number of hydrogen-bond acceptors (Lipinski definition) is 6. The average Bonchev–Trinajstić information content (AvgIpc) is 2.94. The van der Waals surface area contributed by atoms with Crippen molar-refractivity contribution in [3.63, 3.8) is 0 Å². The van der Waals surface area contributed by atoms with Crippen molar-refractivity contribution in [1.29, 1.82) is 0 Å². The lowest BCUT2D eigenvalue weighted by Gasteiger charge is -2.33. The number of aliphatic hydroxyl groups is 2. The number of carbonyl (C=O) groups is 2. The van der Waals surface area contributed by atoms with Gasteiger partial charge in [0, 0.05) is 12.8 Å². The maximum atomic E-state index is 13.6. The first-order chi connectivity index (χ1) is 19.8. The third kappa shape index (κ3) is 11.1. The molecule has 2 rings (SSSR count). The van der Waals surface area contributed by atoms with Gasteiger partial charge in [0.25, 0.3) is 0 Å². The molecule has 232 valence electrons. The van der Waals surface area contributed by atoms with Gasteiger partial charge in [0.15, 0.2) is 9.84 Å². The van der Waals surface area contributed by atoms with Gasteiger partial charge in [-0.2, -0.15) is 0 Å². The van der Waals surface area contributed by atoms with Gasteiger partial charge in [0.05, 0.1) is 28.6 Å². The molecule has 1 aromatic rings. The van der Waals surface area contributed by atoms with Crippen molar-refractivity contribution in [2.75, 3.05) is 5.75 Å². The Balaban J connectivity index is 2.29. The van der Waals surface area contributed by atoms with Gasteiger partial charge in [-0.25, -0.2) is 8.42 Å². The van der Waals surface area contributed by atoms with E-state index in [-0.39, 0.29) is 37.4 Å². The summed E-state index contributed by atoms with van der Waals surface area (Å²) in [6.07, 6.45) is 14.4. The van der Waals surface area contributed by atoms with Gasteiger partial charge in [-0.3, -0.25) is 9.59 Å². The van der Waals surface area contributed by atoms with E-state index in [0.29, 0.717) is 6.42 Å². The summed E-state index contributed by atoms with van der Waals surface area (Å²) in [5.74, 6) is 2.66. The Bertz CT molecular complexity index is 1190. The van der Waals surface area contributed by atoms with E-state index in [1.54, 1.807) is 20.8 Å². The first-order valence-electron chi connectivity index (χ1n) is 14.9. The molecule has 2 amide bonds. The molecule has 1 saturated carbocycles. The molecular formula is C33H48N2O6S. The molecule has 0 radical (unpaired) electrons. The molecule has 4 N–H and O–H groups in total. The van der Waals surface area contributed by atoms with Gasteiger partial charge in [0.2, 0.25) is 11.8 Å². The van der Waals surface area contributed by atoms with Gasteiger partial charge >= 0.3 is 0 Å². The van der Waals surface area contributed by atoms with E-state index < -0.39 is 56.6 Å². The van der Waals surface area contributed by atoms with E-state index in [9.17, 15) is 28.2 Å². The van der Waals surface area contributed by atoms with Gasteiger partial charge in [-0.15, -0.1) is 24.7 Å². The molecule has 0 spiro atoms. The number of hydrogen-bond donors (Lipinski definition) is 4. The Hall–Kier alpha value is -2.85. The maximum Gasteiger partial charge on any atom is 0.242 e. The van der Waals surface area contributed by atoms with Crippen LogP contribution in [0.1, 0.15) is 84.1 Å². The smallest absolute Gasteiger partial charge is 0.242 e. The van der Waals surface area contributed by atoms with Crippen molar-refractivity contribution in [1.82, 2.24) is 10.6 Å². The summed E-state index contributed by atoms with van der Waals surface area (Å²) in [5, 5.41) is 27.0. The highest BCUT2D eigenvalue weighted by Crippen LogP contribution is 2.29. The monoisotopic (exact) mass is 600 g/mol. The van der Waals surface area contributed by atoms with Crippen molar-refractivity contribution >= 4 is 21.7 Å². The molecule has 1 aromatic carbocycles. The Morgan fingerprint density at radius 2 is 1.64 bits per heavy atom. The molecule has 0 unspecified atom stereocenters. The molecule has 1 fully saturated rings. The van der Waals surface area contributed by atoms with Crippen molar-refractivity contribution in [3.05, 3.63) is 35.9 Å². The fourth-order valence-electron chi connectivity index (χ4n) is 5.29. The number of amides is 2. The Morgan fingerprint density at radius 3 is 2.21 bits per heavy atom. The molecule has 8 nitrogen and oxygen atoms in total. The van der Waals surface area contributed by atoms with Gasteiger partial charge < -0.3 is 20.8 Å². The highest BCUT2D eigenvalue weighted by atomic mass is 32.2. The van der Waals surface area contributed by atoms with E-state index in [1.807, 2.05) is 30.3 Å². The summed E-state index contributed by atoms with van der Waals surface area (Å²) in [5.41, 5.74) is 0.796. The Kier molecular flexibility index (Phi) is 14.1. The molecular weight excluding hydrogens is 552 g/mol. The van der Waals surface area contributed by atoms with Gasteiger partial charge in [0.1, 0.15) is 12.1 Å². The zero-order valence-corrected chi connectivity index (χ0v) is 26.0. The van der Waals surface area contributed by atoms with Crippen LogP contribution in [0.15, 0.2) is 30.3 Å². The normalized spacial score (nSPS) is 18.0. The fraction of sp³-hybridized carbons (Fsp3) is 0.636. The molecule has 9 heteroatoms. The number of rotatable bonds is 15. The highest BCUT2D eigenvalue weighted by Gasteiger charge is 2.37. The van der Waals surface area contributed by atoms with Crippen molar-refractivity contribution in [2.24, 2.45) is 11.8 Å². The minimum Gasteiger partial charge on any atom is -0.389 e. The SMILES string of the molecule is C#CCC[C@H](NC(=O)[C@H](Cc1ccccc1)CS(=O)(=O)C(C)(C)C)C(=O)N[C@@H](CC1CCCCC1)[C@@H](O)[C@@H](O)CC#C. The van der Waals surface area contributed by atoms with E-state index in [4.69, 9.17) is 12.8 Å². The molecule has 0 heterocycles. The van der Waals surface area contributed by atoms with Crippen LogP contribution in [0, 0.1) is 36.5 Å². The Morgan fingerprint density at radius 1 is 1.00 bits per heavy atom. The second kappa shape index (κ2) is 16.7. The lowest BCUT2D eigenvalue weighted by Crippen LogP contribution is -2.56. The standard InChI is InChI=1S/C33H48N2O6S/c1-6-8-20-27(32(39)35-28(30(37)29(36)15-7-2)22-25-18-13-10-14-19-25)34-31(38)26(21-24-16-11-9-12-17-24)23-42(40,41)33(3,4)5/h1-2,9,11-12,16-17,25-30,36-37H,8,10,13-15,18-23H2,3-5H3,(H,34,38)(H,35,39)/t26-,27+,28+,29+,30-/m1/s1. The van der Waals surface area contributed by atoms with E-state index in [0.717, 1.165) is 37.7 Å². The van der Waals surface area contributed by atoms with Crippen LogP contribution < -0.4 is 10.6 Å². The summed E-state index contributed by atoms with van der Waals surface area (Å²) in [6.45, 7) is 4.78. The number of carbonyl (C=O) groups excluding carboxylic acids is 2. The minimum atomic E-state index is -3.67. The number of terminal acetylenes is 2. The first-order valence-corrected chi connectivity index (χ1v) is 16.5. The van der Waals surface area contributed by atoms with E-state index in [2.05, 4.69) is 22.5 Å². The van der Waals surface area contributed by atoms with Crippen molar-refractivity contribution in [3.8, 4) is 24.7 Å². The molecule has 0 bridgehead atoms. The lowest BCUT2D eigenvalue weighted by atomic mass is 9.82. The van der Waals surface area contributed by atoms with Crippen molar-refractivity contribution in [2.45, 2.75) is 114 Å². The van der Waals surface area contributed by atoms with Crippen LogP contribution >= 0.6 is 0 Å². The number of benzene rings is 1. The summed E-state index contributed by atoms with van der Waals surface area (Å²) < 4.78 is 25.2. The topological polar surface area (TPSA) is 133 Å².